The van der Waals surface area contributed by atoms with Gasteiger partial charge in [0.2, 0.25) is 5.91 Å². The maximum absolute atomic E-state index is 13.8. The fraction of sp³-hybridized carbons (Fsp3) is 0.292. The lowest BCUT2D eigenvalue weighted by molar-refractivity contribution is -0.117. The average Bonchev–Trinajstić information content (AvgIpc) is 3.43. The molecular formula is C24H22N6O2. The lowest BCUT2D eigenvalue weighted by Gasteiger charge is -2.20. The molecule has 8 heteroatoms. The Balaban J connectivity index is 1.59. The molecule has 0 saturated heterocycles. The van der Waals surface area contributed by atoms with E-state index in [4.69, 9.17) is 0 Å². The molecule has 8 nitrogen and oxygen atoms in total. The summed E-state index contributed by atoms with van der Waals surface area (Å²) in [7, 11) is 1.86. The number of anilines is 1. The van der Waals surface area contributed by atoms with Gasteiger partial charge in [0.05, 0.1) is 34.6 Å². The average molecular weight is 426 g/mol. The molecule has 0 radical (unpaired) electrons. The number of pyridine rings is 1. The van der Waals surface area contributed by atoms with Gasteiger partial charge in [0, 0.05) is 42.6 Å². The zero-order chi connectivity index (χ0) is 22.0. The van der Waals surface area contributed by atoms with E-state index in [0.717, 1.165) is 29.4 Å². The third-order valence-electron chi connectivity index (χ3n) is 6.21. The molecule has 0 atom stereocenters. The summed E-state index contributed by atoms with van der Waals surface area (Å²) in [5, 5.41) is 9.99. The zero-order valence-electron chi connectivity index (χ0n) is 17.9. The SMILES string of the molecule is Cc1ccc(-c2c3c(nn(-c4ccc5nn(C)cc5c4)c2=O)CC(=O)N3CC2CC2)cn1. The van der Waals surface area contributed by atoms with E-state index in [-0.39, 0.29) is 17.9 Å². The second kappa shape index (κ2) is 6.85. The Morgan fingerprint density at radius 3 is 2.69 bits per heavy atom. The second-order valence-electron chi connectivity index (χ2n) is 8.75. The summed E-state index contributed by atoms with van der Waals surface area (Å²) in [6.07, 6.45) is 6.05. The third kappa shape index (κ3) is 3.02. The third-order valence-corrected chi connectivity index (χ3v) is 6.21. The summed E-state index contributed by atoms with van der Waals surface area (Å²) in [5.41, 5.74) is 4.58. The number of carbonyl (C=O) groups excluding carboxylic acids is 1. The number of fused-ring (bicyclic) bond motifs is 2. The summed E-state index contributed by atoms with van der Waals surface area (Å²) >= 11 is 0. The van der Waals surface area contributed by atoms with Crippen molar-refractivity contribution in [3.05, 3.63) is 64.5 Å². The molecule has 32 heavy (non-hydrogen) atoms. The van der Waals surface area contributed by atoms with Crippen LogP contribution in [-0.4, -0.2) is 37.0 Å². The van der Waals surface area contributed by atoms with Crippen molar-refractivity contribution in [1.82, 2.24) is 24.5 Å². The normalized spacial score (nSPS) is 15.6. The van der Waals surface area contributed by atoms with Gasteiger partial charge in [-0.05, 0) is 49.9 Å². The molecule has 1 fully saturated rings. The van der Waals surface area contributed by atoms with Crippen molar-refractivity contribution in [2.45, 2.75) is 26.2 Å². The van der Waals surface area contributed by atoms with Crippen LogP contribution in [0, 0.1) is 12.8 Å². The Bertz CT molecular complexity index is 1450. The monoisotopic (exact) mass is 426 g/mol. The number of rotatable bonds is 4. The molecule has 4 heterocycles. The van der Waals surface area contributed by atoms with Crippen molar-refractivity contribution in [2.24, 2.45) is 13.0 Å². The minimum atomic E-state index is -0.256. The van der Waals surface area contributed by atoms with Crippen LogP contribution in [0.1, 0.15) is 24.2 Å². The molecule has 0 bridgehead atoms. The number of benzene rings is 1. The summed E-state index contributed by atoms with van der Waals surface area (Å²) in [6, 6.07) is 9.40. The molecule has 1 aliphatic heterocycles. The molecule has 1 aliphatic carbocycles. The Morgan fingerprint density at radius 1 is 1.09 bits per heavy atom. The second-order valence-corrected chi connectivity index (χ2v) is 8.75. The first-order valence-electron chi connectivity index (χ1n) is 10.8. The van der Waals surface area contributed by atoms with Crippen molar-refractivity contribution in [3.8, 4) is 16.8 Å². The van der Waals surface area contributed by atoms with Gasteiger partial charge >= 0.3 is 0 Å². The van der Waals surface area contributed by atoms with Crippen molar-refractivity contribution in [2.75, 3.05) is 11.4 Å². The van der Waals surface area contributed by atoms with E-state index in [1.54, 1.807) is 15.8 Å². The van der Waals surface area contributed by atoms with Crippen LogP contribution < -0.4 is 10.5 Å². The highest BCUT2D eigenvalue weighted by molar-refractivity contribution is 6.05. The van der Waals surface area contributed by atoms with Crippen LogP contribution in [0.25, 0.3) is 27.7 Å². The van der Waals surface area contributed by atoms with Crippen LogP contribution >= 0.6 is 0 Å². The standard InChI is InChI=1S/C24H22N6O2/c1-14-3-6-16(11-25-14)22-23-20(10-21(31)29(23)12-15-4-5-15)27-30(24(22)32)18-7-8-19-17(9-18)13-28(2)26-19/h3,6-9,11,13,15H,4-5,10,12H2,1-2H3. The van der Waals surface area contributed by atoms with E-state index >= 15 is 0 Å². The van der Waals surface area contributed by atoms with Crippen LogP contribution in [0.4, 0.5) is 5.69 Å². The first-order valence-corrected chi connectivity index (χ1v) is 10.8. The van der Waals surface area contributed by atoms with E-state index in [0.29, 0.717) is 40.7 Å². The fourth-order valence-corrected chi connectivity index (χ4v) is 4.41. The van der Waals surface area contributed by atoms with Crippen LogP contribution in [0.5, 0.6) is 0 Å². The maximum Gasteiger partial charge on any atom is 0.281 e. The van der Waals surface area contributed by atoms with Crippen LogP contribution in [0.2, 0.25) is 0 Å². The van der Waals surface area contributed by atoms with Crippen molar-refractivity contribution in [1.29, 1.82) is 0 Å². The van der Waals surface area contributed by atoms with E-state index in [9.17, 15) is 9.59 Å². The lowest BCUT2D eigenvalue weighted by Crippen LogP contribution is -2.31. The predicted molar refractivity (Wildman–Crippen MR) is 121 cm³/mol. The molecule has 1 saturated carbocycles. The number of hydrogen-bond donors (Lipinski definition) is 0. The van der Waals surface area contributed by atoms with Gasteiger partial charge in [-0.1, -0.05) is 6.07 Å². The highest BCUT2D eigenvalue weighted by Crippen LogP contribution is 2.39. The number of aromatic nitrogens is 5. The van der Waals surface area contributed by atoms with E-state index in [2.05, 4.69) is 15.2 Å². The topological polar surface area (TPSA) is 85.9 Å². The molecule has 1 aromatic carbocycles. The minimum Gasteiger partial charge on any atom is -0.309 e. The smallest absolute Gasteiger partial charge is 0.281 e. The number of hydrogen-bond acceptors (Lipinski definition) is 5. The summed E-state index contributed by atoms with van der Waals surface area (Å²) < 4.78 is 3.15. The predicted octanol–water partition coefficient (Wildman–Crippen LogP) is 2.79. The van der Waals surface area contributed by atoms with Gasteiger partial charge in [0.1, 0.15) is 0 Å². The Kier molecular flexibility index (Phi) is 4.05. The van der Waals surface area contributed by atoms with E-state index in [1.165, 1.54) is 4.68 Å². The molecule has 0 unspecified atom stereocenters. The van der Waals surface area contributed by atoms with Gasteiger partial charge in [-0.3, -0.25) is 19.3 Å². The number of carbonyl (C=O) groups is 1. The first kappa shape index (κ1) is 18.9. The zero-order valence-corrected chi connectivity index (χ0v) is 17.9. The first-order chi connectivity index (χ1) is 15.5. The largest absolute Gasteiger partial charge is 0.309 e. The van der Waals surface area contributed by atoms with Crippen LogP contribution in [0.15, 0.2) is 47.5 Å². The van der Waals surface area contributed by atoms with Crippen molar-refractivity contribution < 1.29 is 4.79 Å². The number of aryl methyl sites for hydroxylation is 2. The quantitative estimate of drug-likeness (QED) is 0.501. The Hall–Kier alpha value is -3.81. The minimum absolute atomic E-state index is 0.000539. The van der Waals surface area contributed by atoms with Gasteiger partial charge in [0.25, 0.3) is 5.56 Å². The van der Waals surface area contributed by atoms with Gasteiger partial charge in [0.15, 0.2) is 0 Å². The van der Waals surface area contributed by atoms with Gasteiger partial charge in [-0.2, -0.15) is 14.9 Å². The summed E-state index contributed by atoms with van der Waals surface area (Å²) in [5.74, 6) is 0.505. The molecule has 1 amide bonds. The van der Waals surface area contributed by atoms with Crippen molar-refractivity contribution >= 4 is 22.5 Å². The molecule has 4 aromatic rings. The summed E-state index contributed by atoms with van der Waals surface area (Å²) in [4.78, 5) is 32.9. The highest BCUT2D eigenvalue weighted by Gasteiger charge is 2.37. The Labute approximate surface area is 184 Å². The molecule has 0 N–H and O–H groups in total. The molecule has 2 aliphatic rings. The molecule has 0 spiro atoms. The van der Waals surface area contributed by atoms with Gasteiger partial charge < -0.3 is 4.90 Å². The molecular weight excluding hydrogens is 404 g/mol. The number of amides is 1. The summed E-state index contributed by atoms with van der Waals surface area (Å²) in [6.45, 7) is 2.55. The van der Waals surface area contributed by atoms with Crippen molar-refractivity contribution in [3.63, 3.8) is 0 Å². The number of nitrogens with zero attached hydrogens (tertiary/aromatic N) is 6. The highest BCUT2D eigenvalue weighted by atomic mass is 16.2. The fourth-order valence-electron chi connectivity index (χ4n) is 4.41. The van der Waals surface area contributed by atoms with Gasteiger partial charge in [-0.25, -0.2) is 0 Å². The van der Waals surface area contributed by atoms with E-state index in [1.807, 2.05) is 50.5 Å². The van der Waals surface area contributed by atoms with E-state index < -0.39 is 0 Å². The van der Waals surface area contributed by atoms with Gasteiger partial charge in [-0.15, -0.1) is 0 Å². The van der Waals surface area contributed by atoms with Crippen LogP contribution in [-0.2, 0) is 18.3 Å². The molecule has 6 rings (SSSR count). The van der Waals surface area contributed by atoms with Crippen LogP contribution in [0.3, 0.4) is 0 Å². The molecule has 160 valence electrons. The maximum atomic E-state index is 13.8. The molecule has 3 aromatic heterocycles. The Morgan fingerprint density at radius 2 is 1.94 bits per heavy atom. The lowest BCUT2D eigenvalue weighted by atomic mass is 10.1.